The van der Waals surface area contributed by atoms with Crippen molar-refractivity contribution in [3.63, 3.8) is 0 Å². The second-order valence-corrected chi connectivity index (χ2v) is 5.88. The Kier molecular flexibility index (Phi) is 5.19. The molecule has 110 valence electrons. The number of rotatable bonds is 3. The molecule has 5 nitrogen and oxygen atoms in total. The molecule has 0 aromatic heterocycles. The molecule has 0 aromatic carbocycles. The number of nitrogens with two attached hydrogens (primary N) is 1. The lowest BCUT2D eigenvalue weighted by atomic mass is 9.78. The van der Waals surface area contributed by atoms with Gasteiger partial charge in [-0.2, -0.15) is 0 Å². The van der Waals surface area contributed by atoms with Gasteiger partial charge in [-0.15, -0.1) is 0 Å². The first-order valence-corrected chi connectivity index (χ1v) is 7.40. The largest absolute Gasteiger partial charge is 0.394 e. The molecular formula is C14H26N2O3. The van der Waals surface area contributed by atoms with Gasteiger partial charge in [0.2, 0.25) is 5.91 Å². The summed E-state index contributed by atoms with van der Waals surface area (Å²) in [6.07, 6.45) is 4.08. The molecule has 1 aliphatic heterocycles. The number of morpholine rings is 1. The summed E-state index contributed by atoms with van der Waals surface area (Å²) in [5.41, 5.74) is 5.81. The summed E-state index contributed by atoms with van der Waals surface area (Å²) in [4.78, 5) is 14.5. The number of aliphatic hydroxyl groups is 1. The first-order chi connectivity index (χ1) is 9.15. The minimum absolute atomic E-state index is 0.00485. The van der Waals surface area contributed by atoms with Crippen molar-refractivity contribution < 1.29 is 14.6 Å². The number of aliphatic hydroxyl groups excluding tert-OH is 1. The summed E-state index contributed by atoms with van der Waals surface area (Å²) < 4.78 is 5.59. The maximum atomic E-state index is 12.7. The minimum atomic E-state index is -0.243. The lowest BCUT2D eigenvalue weighted by molar-refractivity contribution is -0.153. The summed E-state index contributed by atoms with van der Waals surface area (Å²) >= 11 is 0. The third-order valence-electron chi connectivity index (χ3n) is 4.37. The second kappa shape index (κ2) is 6.68. The van der Waals surface area contributed by atoms with E-state index < -0.39 is 0 Å². The topological polar surface area (TPSA) is 75.8 Å². The Morgan fingerprint density at radius 1 is 1.37 bits per heavy atom. The molecule has 1 saturated carbocycles. The predicted molar refractivity (Wildman–Crippen MR) is 72.5 cm³/mol. The number of hydrogen-bond donors (Lipinski definition) is 2. The fourth-order valence-corrected chi connectivity index (χ4v) is 3.38. The van der Waals surface area contributed by atoms with Crippen LogP contribution in [0.4, 0.5) is 0 Å². The third-order valence-corrected chi connectivity index (χ3v) is 4.37. The number of carbonyl (C=O) groups is 1. The van der Waals surface area contributed by atoms with E-state index >= 15 is 0 Å². The lowest BCUT2D eigenvalue weighted by Gasteiger charge is -2.40. The molecule has 1 amide bonds. The van der Waals surface area contributed by atoms with Gasteiger partial charge in [0.1, 0.15) is 0 Å². The molecule has 0 spiro atoms. The van der Waals surface area contributed by atoms with Crippen molar-refractivity contribution in [3.8, 4) is 0 Å². The average Bonchev–Trinajstić information content (AvgIpc) is 2.45. The van der Waals surface area contributed by atoms with Gasteiger partial charge in [-0.05, 0) is 32.2 Å². The van der Waals surface area contributed by atoms with E-state index in [1.54, 1.807) is 0 Å². The van der Waals surface area contributed by atoms with E-state index in [2.05, 4.69) is 0 Å². The van der Waals surface area contributed by atoms with E-state index in [1.165, 1.54) is 6.42 Å². The summed E-state index contributed by atoms with van der Waals surface area (Å²) in [5.74, 6) is 0.610. The van der Waals surface area contributed by atoms with Gasteiger partial charge in [0.15, 0.2) is 0 Å². The van der Waals surface area contributed by atoms with Crippen molar-refractivity contribution in [1.82, 2.24) is 4.90 Å². The highest BCUT2D eigenvalue weighted by molar-refractivity contribution is 5.79. The predicted octanol–water partition coefficient (Wildman–Crippen LogP) is 0.360. The van der Waals surface area contributed by atoms with Crippen molar-refractivity contribution >= 4 is 5.91 Å². The van der Waals surface area contributed by atoms with Gasteiger partial charge in [0.05, 0.1) is 18.8 Å². The lowest BCUT2D eigenvalue weighted by Crippen LogP contribution is -2.53. The highest BCUT2D eigenvalue weighted by atomic mass is 16.5. The van der Waals surface area contributed by atoms with Gasteiger partial charge < -0.3 is 20.5 Å². The van der Waals surface area contributed by atoms with Crippen LogP contribution in [0.5, 0.6) is 0 Å². The van der Waals surface area contributed by atoms with E-state index in [1.807, 2.05) is 11.8 Å². The van der Waals surface area contributed by atoms with E-state index in [4.69, 9.17) is 10.5 Å². The van der Waals surface area contributed by atoms with Crippen molar-refractivity contribution in [3.05, 3.63) is 0 Å². The van der Waals surface area contributed by atoms with Gasteiger partial charge in [-0.3, -0.25) is 4.79 Å². The van der Waals surface area contributed by atoms with E-state index in [-0.39, 0.29) is 30.6 Å². The van der Waals surface area contributed by atoms with Gasteiger partial charge in [0.25, 0.3) is 0 Å². The molecule has 1 heterocycles. The van der Waals surface area contributed by atoms with Crippen molar-refractivity contribution in [1.29, 1.82) is 0 Å². The average molecular weight is 270 g/mol. The molecule has 5 heteroatoms. The Hall–Kier alpha value is -0.650. The van der Waals surface area contributed by atoms with Gasteiger partial charge in [-0.1, -0.05) is 12.8 Å². The number of amides is 1. The number of carbonyl (C=O) groups excluding carboxylic acids is 1. The Labute approximate surface area is 115 Å². The maximum absolute atomic E-state index is 12.7. The van der Waals surface area contributed by atoms with Crippen molar-refractivity contribution in [2.24, 2.45) is 17.6 Å². The number of hydrogen-bond acceptors (Lipinski definition) is 4. The van der Waals surface area contributed by atoms with E-state index in [0.717, 1.165) is 19.3 Å². The molecule has 0 bridgehead atoms. The fraction of sp³-hybridized carbons (Fsp3) is 0.929. The van der Waals surface area contributed by atoms with Crippen LogP contribution in [0.1, 0.15) is 32.6 Å². The molecule has 2 aliphatic rings. The second-order valence-electron chi connectivity index (χ2n) is 5.88. The SMILES string of the molecule is CC1CN(C(=O)C2CCCCC2CN)CC(CO)O1. The van der Waals surface area contributed by atoms with Crippen LogP contribution < -0.4 is 5.73 Å². The molecule has 4 atom stereocenters. The van der Waals surface area contributed by atoms with Crippen molar-refractivity contribution in [2.75, 3.05) is 26.2 Å². The Balaban J connectivity index is 2.00. The maximum Gasteiger partial charge on any atom is 0.226 e. The molecule has 2 fully saturated rings. The first-order valence-electron chi connectivity index (χ1n) is 7.40. The van der Waals surface area contributed by atoms with E-state index in [0.29, 0.717) is 25.6 Å². The summed E-state index contributed by atoms with van der Waals surface area (Å²) in [7, 11) is 0. The molecule has 0 radical (unpaired) electrons. The van der Waals surface area contributed by atoms with Crippen molar-refractivity contribution in [2.45, 2.75) is 44.8 Å². The monoisotopic (exact) mass is 270 g/mol. The minimum Gasteiger partial charge on any atom is -0.394 e. The van der Waals surface area contributed by atoms with E-state index in [9.17, 15) is 9.90 Å². The zero-order valence-corrected chi connectivity index (χ0v) is 11.8. The summed E-state index contributed by atoms with van der Waals surface area (Å²) in [6.45, 7) is 3.65. The van der Waals surface area contributed by atoms with Gasteiger partial charge in [-0.25, -0.2) is 0 Å². The van der Waals surface area contributed by atoms with Crippen LogP contribution in [0.2, 0.25) is 0 Å². The quantitative estimate of drug-likeness (QED) is 0.776. The van der Waals surface area contributed by atoms with Crippen LogP contribution in [0.25, 0.3) is 0 Å². The molecule has 2 rings (SSSR count). The first kappa shape index (κ1) is 14.8. The van der Waals surface area contributed by atoms with Gasteiger partial charge >= 0.3 is 0 Å². The van der Waals surface area contributed by atoms with Crippen LogP contribution in [-0.2, 0) is 9.53 Å². The zero-order chi connectivity index (χ0) is 13.8. The molecule has 3 N–H and O–H groups in total. The Morgan fingerprint density at radius 3 is 2.79 bits per heavy atom. The normalized spacial score (nSPS) is 36.3. The van der Waals surface area contributed by atoms with Crippen LogP contribution in [0.3, 0.4) is 0 Å². The third kappa shape index (κ3) is 3.46. The van der Waals surface area contributed by atoms with Crippen LogP contribution in [-0.4, -0.2) is 54.4 Å². The summed E-state index contributed by atoms with van der Waals surface area (Å²) in [5, 5.41) is 9.23. The molecule has 1 aliphatic carbocycles. The molecule has 19 heavy (non-hydrogen) atoms. The highest BCUT2D eigenvalue weighted by Gasteiger charge is 2.36. The zero-order valence-electron chi connectivity index (χ0n) is 11.8. The van der Waals surface area contributed by atoms with Crippen LogP contribution >= 0.6 is 0 Å². The molecule has 4 unspecified atom stereocenters. The number of ether oxygens (including phenoxy) is 1. The smallest absolute Gasteiger partial charge is 0.226 e. The van der Waals surface area contributed by atoms with Gasteiger partial charge in [0, 0.05) is 19.0 Å². The number of nitrogens with zero attached hydrogens (tertiary/aromatic N) is 1. The molecule has 0 aromatic rings. The Morgan fingerprint density at radius 2 is 2.11 bits per heavy atom. The van der Waals surface area contributed by atoms with Crippen LogP contribution in [0.15, 0.2) is 0 Å². The summed E-state index contributed by atoms with van der Waals surface area (Å²) in [6, 6.07) is 0. The molecule has 1 saturated heterocycles. The molecular weight excluding hydrogens is 244 g/mol. The van der Waals surface area contributed by atoms with Crippen LogP contribution in [0, 0.1) is 11.8 Å². The highest BCUT2D eigenvalue weighted by Crippen LogP contribution is 2.31. The standard InChI is InChI=1S/C14H26N2O3/c1-10-7-16(8-12(9-17)19-10)14(18)13-5-3-2-4-11(13)6-15/h10-13,17H,2-9,15H2,1H3. The Bertz CT molecular complexity index is 311. The fourth-order valence-electron chi connectivity index (χ4n) is 3.38.